The molecule has 1 N–H and O–H groups in total. The molecule has 0 saturated carbocycles. The number of nitrogens with zero attached hydrogens (tertiary/aromatic N) is 1. The number of hydrogen-bond donors (Lipinski definition) is 1. The average molecular weight is 237 g/mol. The molecular weight excluding hydrogens is 222 g/mol. The quantitative estimate of drug-likeness (QED) is 0.815. The molecule has 0 aliphatic carbocycles. The third kappa shape index (κ3) is 2.19. The number of carboxylic acid groups (broad SMARTS) is 1. The van der Waals surface area contributed by atoms with Crippen LogP contribution in [0.5, 0.6) is 5.75 Å². The molecule has 1 atom stereocenters. The van der Waals surface area contributed by atoms with Crippen molar-refractivity contribution < 1.29 is 19.4 Å². The number of hydrogen-bond acceptors (Lipinski definition) is 3. The van der Waals surface area contributed by atoms with E-state index in [0.717, 1.165) is 10.5 Å². The van der Waals surface area contributed by atoms with Gasteiger partial charge in [0.1, 0.15) is 5.75 Å². The summed E-state index contributed by atoms with van der Waals surface area (Å²) >= 11 is 0. The van der Waals surface area contributed by atoms with Crippen molar-refractivity contribution in [3.63, 3.8) is 0 Å². The summed E-state index contributed by atoms with van der Waals surface area (Å²) in [5.74, 6) is -0.190. The fourth-order valence-corrected chi connectivity index (χ4v) is 1.79. The molecule has 0 spiro atoms. The van der Waals surface area contributed by atoms with Gasteiger partial charge in [-0.25, -0.2) is 4.79 Å². The monoisotopic (exact) mass is 237 g/mol. The molecule has 1 heterocycles. The largest absolute Gasteiger partial charge is 0.465 e. The number of para-hydroxylation sites is 1. The second-order valence-corrected chi connectivity index (χ2v) is 4.40. The van der Waals surface area contributed by atoms with Gasteiger partial charge < -0.3 is 14.6 Å². The Kier molecular flexibility index (Phi) is 2.71. The van der Waals surface area contributed by atoms with Crippen molar-refractivity contribution in [3.05, 3.63) is 29.8 Å². The Morgan fingerprint density at radius 3 is 2.71 bits per heavy atom. The zero-order valence-corrected chi connectivity index (χ0v) is 10.0. The molecular formula is C12H15NO4. The van der Waals surface area contributed by atoms with Gasteiger partial charge in [0, 0.05) is 26.5 Å². The Morgan fingerprint density at radius 1 is 1.41 bits per heavy atom. The molecule has 1 amide bonds. The molecule has 0 radical (unpaired) electrons. The third-order valence-electron chi connectivity index (χ3n) is 2.59. The normalized spacial score (nSPS) is 21.2. The van der Waals surface area contributed by atoms with Crippen LogP contribution in [0.4, 0.5) is 4.79 Å². The van der Waals surface area contributed by atoms with E-state index >= 15 is 0 Å². The van der Waals surface area contributed by atoms with E-state index in [4.69, 9.17) is 14.6 Å². The van der Waals surface area contributed by atoms with Gasteiger partial charge in [-0.05, 0) is 6.07 Å². The number of benzene rings is 1. The Bertz CT molecular complexity index is 444. The first-order valence-electron chi connectivity index (χ1n) is 5.32. The van der Waals surface area contributed by atoms with Crippen LogP contribution in [-0.2, 0) is 4.74 Å². The van der Waals surface area contributed by atoms with E-state index in [-0.39, 0.29) is 0 Å². The van der Waals surface area contributed by atoms with Gasteiger partial charge in [0.05, 0.1) is 0 Å². The molecule has 1 aliphatic rings. The minimum absolute atomic E-state index is 0.646. The number of fused-ring (bicyclic) bond motifs is 1. The molecule has 92 valence electrons. The van der Waals surface area contributed by atoms with Crippen LogP contribution in [0.3, 0.4) is 0 Å². The Morgan fingerprint density at radius 2 is 2.06 bits per heavy atom. The van der Waals surface area contributed by atoms with Gasteiger partial charge in [0.25, 0.3) is 0 Å². The smallest absolute Gasteiger partial charge is 0.409 e. The van der Waals surface area contributed by atoms with Crippen LogP contribution < -0.4 is 4.74 Å². The second-order valence-electron chi connectivity index (χ2n) is 4.40. The maximum absolute atomic E-state index is 11.0. The summed E-state index contributed by atoms with van der Waals surface area (Å²) in [7, 11) is 1.48. The number of amides is 1. The van der Waals surface area contributed by atoms with Crippen molar-refractivity contribution in [2.24, 2.45) is 0 Å². The molecule has 0 aromatic heterocycles. The lowest BCUT2D eigenvalue weighted by atomic mass is 10.1. The lowest BCUT2D eigenvalue weighted by Gasteiger charge is -2.40. The summed E-state index contributed by atoms with van der Waals surface area (Å²) in [5.41, 5.74) is 0.719. The Hall–Kier alpha value is -1.75. The van der Waals surface area contributed by atoms with Gasteiger partial charge >= 0.3 is 6.09 Å². The molecule has 0 saturated heterocycles. The van der Waals surface area contributed by atoms with Crippen LogP contribution in [0.1, 0.15) is 25.6 Å². The van der Waals surface area contributed by atoms with Crippen molar-refractivity contribution in [2.75, 3.05) is 7.05 Å². The van der Waals surface area contributed by atoms with E-state index in [1.54, 1.807) is 19.9 Å². The van der Waals surface area contributed by atoms with Crippen LogP contribution in [0.25, 0.3) is 0 Å². The minimum atomic E-state index is -1.04. The lowest BCUT2D eigenvalue weighted by Crippen LogP contribution is -2.44. The van der Waals surface area contributed by atoms with E-state index in [1.165, 1.54) is 7.05 Å². The Balaban J connectivity index is 2.43. The molecule has 0 fully saturated rings. The molecule has 0 bridgehead atoms. The fraction of sp³-hybridized carbons (Fsp3) is 0.417. The highest BCUT2D eigenvalue weighted by Crippen LogP contribution is 2.39. The van der Waals surface area contributed by atoms with Crippen LogP contribution in [-0.4, -0.2) is 28.9 Å². The predicted octanol–water partition coefficient (Wildman–Crippen LogP) is 2.44. The van der Waals surface area contributed by atoms with E-state index in [2.05, 4.69) is 0 Å². The first-order chi connectivity index (χ1) is 7.91. The summed E-state index contributed by atoms with van der Waals surface area (Å²) in [4.78, 5) is 12.2. The fourth-order valence-electron chi connectivity index (χ4n) is 1.79. The lowest BCUT2D eigenvalue weighted by molar-refractivity contribution is -0.235. The molecule has 17 heavy (non-hydrogen) atoms. The van der Waals surface area contributed by atoms with E-state index < -0.39 is 18.1 Å². The van der Waals surface area contributed by atoms with E-state index in [1.807, 2.05) is 18.2 Å². The number of carbonyl (C=O) groups is 1. The first kappa shape index (κ1) is 11.7. The average Bonchev–Trinajstić information content (AvgIpc) is 2.25. The molecule has 1 aromatic carbocycles. The van der Waals surface area contributed by atoms with Crippen LogP contribution >= 0.6 is 0 Å². The topological polar surface area (TPSA) is 59.0 Å². The number of rotatable bonds is 1. The predicted molar refractivity (Wildman–Crippen MR) is 60.8 cm³/mol. The van der Waals surface area contributed by atoms with Crippen molar-refractivity contribution >= 4 is 6.09 Å². The second kappa shape index (κ2) is 3.92. The zero-order chi connectivity index (χ0) is 12.6. The highest BCUT2D eigenvalue weighted by Gasteiger charge is 2.37. The van der Waals surface area contributed by atoms with E-state index in [0.29, 0.717) is 5.75 Å². The highest BCUT2D eigenvalue weighted by atomic mass is 16.7. The maximum atomic E-state index is 11.0. The van der Waals surface area contributed by atoms with Gasteiger partial charge in [-0.1, -0.05) is 18.2 Å². The molecule has 1 aliphatic heterocycles. The van der Waals surface area contributed by atoms with Gasteiger partial charge in [-0.15, -0.1) is 0 Å². The molecule has 2 rings (SSSR count). The van der Waals surface area contributed by atoms with Gasteiger partial charge in [0.2, 0.25) is 5.79 Å². The van der Waals surface area contributed by atoms with Crippen molar-refractivity contribution in [1.82, 2.24) is 4.90 Å². The van der Waals surface area contributed by atoms with Crippen LogP contribution in [0.15, 0.2) is 24.3 Å². The first-order valence-corrected chi connectivity index (χ1v) is 5.32. The molecule has 1 unspecified atom stereocenters. The summed E-state index contributed by atoms with van der Waals surface area (Å²) in [6.45, 7) is 3.51. The van der Waals surface area contributed by atoms with Crippen molar-refractivity contribution in [2.45, 2.75) is 25.9 Å². The summed E-state index contributed by atoms with van der Waals surface area (Å²) in [5, 5.41) is 9.04. The van der Waals surface area contributed by atoms with E-state index in [9.17, 15) is 4.79 Å². The summed E-state index contributed by atoms with van der Waals surface area (Å²) in [6, 6.07) is 7.28. The summed E-state index contributed by atoms with van der Waals surface area (Å²) < 4.78 is 11.3. The zero-order valence-electron chi connectivity index (χ0n) is 10.0. The van der Waals surface area contributed by atoms with Gasteiger partial charge in [0.15, 0.2) is 6.23 Å². The summed E-state index contributed by atoms with van der Waals surface area (Å²) in [6.07, 6.45) is -1.69. The standard InChI is InChI=1S/C12H15NO4/c1-12(2)16-9-7-5-4-6-8(9)10(17-12)13(3)11(14)15/h4-7,10H,1-3H3,(H,14,15). The van der Waals surface area contributed by atoms with Gasteiger partial charge in [-0.3, -0.25) is 4.90 Å². The molecule has 5 nitrogen and oxygen atoms in total. The molecule has 1 aromatic rings. The third-order valence-corrected chi connectivity index (χ3v) is 2.59. The van der Waals surface area contributed by atoms with Crippen LogP contribution in [0, 0.1) is 0 Å². The van der Waals surface area contributed by atoms with Crippen molar-refractivity contribution in [3.8, 4) is 5.75 Å². The molecule has 5 heteroatoms. The maximum Gasteiger partial charge on any atom is 0.409 e. The Labute approximate surface area is 99.6 Å². The minimum Gasteiger partial charge on any atom is -0.465 e. The van der Waals surface area contributed by atoms with Gasteiger partial charge in [-0.2, -0.15) is 0 Å². The highest BCUT2D eigenvalue weighted by molar-refractivity contribution is 5.65. The number of ether oxygens (including phenoxy) is 2. The van der Waals surface area contributed by atoms with Crippen molar-refractivity contribution in [1.29, 1.82) is 0 Å². The SMILES string of the molecule is CN(C(=O)O)C1OC(C)(C)Oc2ccccc21. The van der Waals surface area contributed by atoms with Crippen LogP contribution in [0.2, 0.25) is 0 Å².